The topological polar surface area (TPSA) is 159 Å². The lowest BCUT2D eigenvalue weighted by atomic mass is 9.77. The fourth-order valence-corrected chi connectivity index (χ4v) is 8.47. The molecule has 1 saturated heterocycles. The number of carbonyl (C=O) groups is 3. The summed E-state index contributed by atoms with van der Waals surface area (Å²) in [7, 11) is 5.07. The van der Waals surface area contributed by atoms with Gasteiger partial charge in [0.2, 0.25) is 0 Å². The Morgan fingerprint density at radius 2 is 1.66 bits per heavy atom. The fraction of sp³-hybridized carbons (Fsp3) is 0.488. The van der Waals surface area contributed by atoms with Gasteiger partial charge in [0.1, 0.15) is 12.7 Å². The van der Waals surface area contributed by atoms with Crippen molar-refractivity contribution in [3.05, 3.63) is 81.6 Å². The van der Waals surface area contributed by atoms with Crippen LogP contribution in [0.3, 0.4) is 0 Å². The monoisotopic (exact) mass is 887 g/mol. The Labute approximate surface area is 351 Å². The van der Waals surface area contributed by atoms with Gasteiger partial charge in [-0.15, -0.1) is 9.40 Å². The number of nitrogens with zero attached hydrogens (tertiary/aromatic N) is 4. The van der Waals surface area contributed by atoms with Crippen molar-refractivity contribution >= 4 is 63.0 Å². The van der Waals surface area contributed by atoms with E-state index < -0.39 is 23.2 Å². The molecule has 0 saturated carbocycles. The number of allylic oxidation sites excluding steroid dienone is 6. The van der Waals surface area contributed by atoms with Crippen molar-refractivity contribution in [2.45, 2.75) is 75.1 Å². The van der Waals surface area contributed by atoms with E-state index in [2.05, 4.69) is 62.5 Å². The lowest BCUT2D eigenvalue weighted by molar-refractivity contribution is -0.686. The van der Waals surface area contributed by atoms with Crippen LogP contribution >= 0.6 is 28.0 Å². The van der Waals surface area contributed by atoms with Crippen LogP contribution in [0.15, 0.2) is 74.8 Å². The summed E-state index contributed by atoms with van der Waals surface area (Å²) < 4.78 is 30.3. The Bertz CT molecular complexity index is 1940. The van der Waals surface area contributed by atoms with E-state index in [1.165, 1.54) is 0 Å². The lowest BCUT2D eigenvalue weighted by Gasteiger charge is -2.30. The molecule has 2 atom stereocenters. The predicted molar refractivity (Wildman–Crippen MR) is 219 cm³/mol. The number of carbonyl (C=O) groups excluding carboxylic acids is 3. The van der Waals surface area contributed by atoms with Gasteiger partial charge in [0.15, 0.2) is 5.71 Å². The molecule has 2 amide bonds. The van der Waals surface area contributed by atoms with Crippen molar-refractivity contribution in [3.8, 4) is 0 Å². The zero-order valence-electron chi connectivity index (χ0n) is 33.8. The number of anilines is 1. The summed E-state index contributed by atoms with van der Waals surface area (Å²) in [6.07, 6.45) is 13.5. The molecule has 1 aromatic heterocycles. The second-order valence-corrected chi connectivity index (χ2v) is 16.1. The molecule has 0 radical (unpaired) electrons. The third kappa shape index (κ3) is 10.3. The molecule has 3 aliphatic rings. The summed E-state index contributed by atoms with van der Waals surface area (Å²) >= 11 is 4.60. The van der Waals surface area contributed by atoms with Crippen LogP contribution in [0.2, 0.25) is 0 Å². The highest BCUT2D eigenvalue weighted by Gasteiger charge is 2.46. The largest absolute Gasteiger partial charge is 0.385 e. The maximum absolute atomic E-state index is 12.4. The molecule has 4 heterocycles. The zero-order chi connectivity index (χ0) is 41.9. The molecule has 0 aliphatic carbocycles. The maximum Gasteiger partial charge on any atom is 0.335 e. The molecule has 0 bridgehead atoms. The number of imide groups is 1. The van der Waals surface area contributed by atoms with Gasteiger partial charge in [-0.05, 0) is 96.0 Å². The number of hydroxylamine groups is 2. The number of hydrogen-bond donors (Lipinski definition) is 1. The first-order valence-corrected chi connectivity index (χ1v) is 20.5. The second kappa shape index (κ2) is 21.0. The quantitative estimate of drug-likeness (QED) is 0.0267. The van der Waals surface area contributed by atoms with E-state index in [1.807, 2.05) is 43.5 Å². The first-order valence-electron chi connectivity index (χ1n) is 19.0. The van der Waals surface area contributed by atoms with Gasteiger partial charge in [-0.1, -0.05) is 23.3 Å². The number of halogens is 1. The number of methoxy groups -OCH3 is 3. The third-order valence-electron chi connectivity index (χ3n) is 10.6. The number of ether oxygens (including phenoxy) is 4. The van der Waals surface area contributed by atoms with Crippen LogP contribution < -0.4 is 9.47 Å². The summed E-state index contributed by atoms with van der Waals surface area (Å²) in [5, 5.41) is 13.3. The number of benzene rings is 1. The van der Waals surface area contributed by atoms with Crippen LogP contribution in [0, 0.1) is 6.92 Å². The van der Waals surface area contributed by atoms with Crippen molar-refractivity contribution in [1.29, 1.82) is 0 Å². The average molecular weight is 889 g/mol. The summed E-state index contributed by atoms with van der Waals surface area (Å²) in [5.41, 5.74) is 5.14. The van der Waals surface area contributed by atoms with Gasteiger partial charge in [0.05, 0.1) is 53.7 Å². The minimum absolute atomic E-state index is 0.0266. The molecule has 2 unspecified atom stereocenters. The van der Waals surface area contributed by atoms with Gasteiger partial charge < -0.3 is 28.7 Å². The minimum Gasteiger partial charge on any atom is -0.385 e. The SMILES string of the molecule is COCC[n+]1cc(Br)cc2c1N=C(/C=C/C=C/C=C1/N(CCOCCC(=O)ON3C(=O)CCC3=O)c3c(C)cc(SOOO)cc3C1(C)CCOC)C2(C)CCOC. The van der Waals surface area contributed by atoms with Gasteiger partial charge >= 0.3 is 11.8 Å². The van der Waals surface area contributed by atoms with Crippen LogP contribution in [0.25, 0.3) is 0 Å². The predicted octanol–water partition coefficient (Wildman–Crippen LogP) is 6.32. The highest BCUT2D eigenvalue weighted by atomic mass is 79.9. The summed E-state index contributed by atoms with van der Waals surface area (Å²) in [6.45, 7) is 9.37. The third-order valence-corrected chi connectivity index (χ3v) is 11.6. The number of aliphatic imine (C=N–C) groups is 1. The van der Waals surface area contributed by atoms with E-state index in [9.17, 15) is 14.4 Å². The molecule has 3 aliphatic heterocycles. The number of rotatable bonds is 22. The van der Waals surface area contributed by atoms with E-state index in [-0.39, 0.29) is 37.9 Å². The molecule has 15 nitrogen and oxygen atoms in total. The average Bonchev–Trinajstić information content (AvgIpc) is 3.76. The van der Waals surface area contributed by atoms with Crippen molar-refractivity contribution in [3.63, 3.8) is 0 Å². The number of amides is 2. The molecular weight excluding hydrogens is 836 g/mol. The van der Waals surface area contributed by atoms with Gasteiger partial charge in [-0.3, -0.25) is 9.59 Å². The molecule has 1 fully saturated rings. The molecule has 1 aromatic carbocycles. The van der Waals surface area contributed by atoms with Crippen LogP contribution in [0.4, 0.5) is 11.5 Å². The standard InChI is InChI=1S/C41H51BrN4O11S/c1-28-24-30(58-57-56-50)26-31-38(28)45(18-23-54-19-14-37(49)55-46-35(47)12-13-36(46)48)34(41(31,3)16-21-52-5)11-9-7-8-10-33-40(2,15-20-51-4)32-25-29(42)27-44(17-22-53-6)39(32)43-33/h7-11,24-27H,12-23H2,1-6H3/p+1. The van der Waals surface area contributed by atoms with Gasteiger partial charge in [-0.25, -0.2) is 14.6 Å². The fourth-order valence-electron chi connectivity index (χ4n) is 7.50. The molecule has 314 valence electrons. The number of pyridine rings is 1. The van der Waals surface area contributed by atoms with E-state index in [4.69, 9.17) is 38.4 Å². The van der Waals surface area contributed by atoms with Crippen LogP contribution in [-0.4, -0.2) is 94.7 Å². The molecular formula is C41H52BrN4O11S+. The smallest absolute Gasteiger partial charge is 0.335 e. The second-order valence-electron chi connectivity index (χ2n) is 14.4. The van der Waals surface area contributed by atoms with Crippen LogP contribution in [0.1, 0.15) is 62.6 Å². The zero-order valence-corrected chi connectivity index (χ0v) is 36.2. The minimum atomic E-state index is -0.722. The summed E-state index contributed by atoms with van der Waals surface area (Å²) in [4.78, 5) is 49.1. The highest BCUT2D eigenvalue weighted by Crippen LogP contribution is 2.52. The number of aromatic nitrogens is 1. The van der Waals surface area contributed by atoms with E-state index in [0.717, 1.165) is 67.4 Å². The first-order chi connectivity index (χ1) is 27.9. The van der Waals surface area contributed by atoms with Crippen molar-refractivity contribution in [1.82, 2.24) is 5.06 Å². The van der Waals surface area contributed by atoms with Gasteiger partial charge in [-0.2, -0.15) is 0 Å². The lowest BCUT2D eigenvalue weighted by Crippen LogP contribution is -2.37. The van der Waals surface area contributed by atoms with Crippen molar-refractivity contribution in [2.75, 3.05) is 65.8 Å². The molecule has 5 rings (SSSR count). The van der Waals surface area contributed by atoms with Gasteiger partial charge in [0, 0.05) is 75.6 Å². The number of aryl methyl sites for hydroxylation is 1. The number of fused-ring (bicyclic) bond motifs is 2. The summed E-state index contributed by atoms with van der Waals surface area (Å²) in [6, 6.07) is 6.10. The molecule has 58 heavy (non-hydrogen) atoms. The Kier molecular flexibility index (Phi) is 16.4. The Morgan fingerprint density at radius 1 is 0.948 bits per heavy atom. The van der Waals surface area contributed by atoms with Crippen molar-refractivity contribution in [2.24, 2.45) is 4.99 Å². The normalized spacial score (nSPS) is 21.0. The Morgan fingerprint density at radius 3 is 2.34 bits per heavy atom. The van der Waals surface area contributed by atoms with E-state index in [0.29, 0.717) is 44.4 Å². The Balaban J connectivity index is 1.40. The van der Waals surface area contributed by atoms with Crippen LogP contribution in [-0.2, 0) is 64.9 Å². The highest BCUT2D eigenvalue weighted by molar-refractivity contribution is 9.10. The van der Waals surface area contributed by atoms with E-state index in [1.54, 1.807) is 21.3 Å². The molecule has 0 spiro atoms. The molecule has 1 N–H and O–H groups in total. The Hall–Kier alpha value is -3.78. The van der Waals surface area contributed by atoms with Crippen LogP contribution in [0.5, 0.6) is 0 Å². The van der Waals surface area contributed by atoms with E-state index >= 15 is 0 Å². The summed E-state index contributed by atoms with van der Waals surface area (Å²) in [5.74, 6) is -0.880. The molecule has 17 heteroatoms. The number of hydrogen-bond acceptors (Lipinski definition) is 14. The van der Waals surface area contributed by atoms with Gasteiger partial charge in [0.25, 0.3) is 11.8 Å². The molecule has 2 aromatic rings. The van der Waals surface area contributed by atoms with Crippen molar-refractivity contribution < 1.29 is 57.4 Å². The maximum atomic E-state index is 12.4. The first kappa shape index (κ1) is 45.3.